The second-order valence-corrected chi connectivity index (χ2v) is 10.7. The number of esters is 2. The topological polar surface area (TPSA) is 114 Å². The summed E-state index contributed by atoms with van der Waals surface area (Å²) in [6.45, 7) is 4.34. The van der Waals surface area contributed by atoms with E-state index in [1.54, 1.807) is 24.3 Å². The zero-order valence-electron chi connectivity index (χ0n) is 26.5. The van der Waals surface area contributed by atoms with E-state index in [0.717, 1.165) is 51.9 Å². The molecule has 2 aromatic carbocycles. The van der Waals surface area contributed by atoms with Crippen LogP contribution < -0.4 is 28.4 Å². The number of hydrogen-bond acceptors (Lipinski definition) is 12. The van der Waals surface area contributed by atoms with Crippen LogP contribution in [0, 0.1) is 0 Å². The van der Waals surface area contributed by atoms with Crippen LogP contribution in [0.1, 0.15) is 46.4 Å². The number of fused-ring (bicyclic) bond motifs is 3. The van der Waals surface area contributed by atoms with Gasteiger partial charge < -0.3 is 37.9 Å². The average Bonchev–Trinajstić information content (AvgIpc) is 3.07. The molecule has 0 aromatic heterocycles. The van der Waals surface area contributed by atoms with Crippen LogP contribution in [-0.2, 0) is 9.47 Å². The highest BCUT2D eigenvalue weighted by Crippen LogP contribution is 2.39. The molecule has 0 amide bonds. The Labute approximate surface area is 259 Å². The number of carbonyl (C=O) groups is 2. The van der Waals surface area contributed by atoms with Gasteiger partial charge in [0.25, 0.3) is 0 Å². The number of benzene rings is 2. The molecule has 3 fully saturated rings. The van der Waals surface area contributed by atoms with Crippen molar-refractivity contribution in [3.63, 3.8) is 0 Å². The van der Waals surface area contributed by atoms with Gasteiger partial charge in [-0.05, 0) is 49.9 Å². The van der Waals surface area contributed by atoms with Crippen LogP contribution >= 0.6 is 0 Å². The van der Waals surface area contributed by atoms with E-state index in [4.69, 9.17) is 37.9 Å². The van der Waals surface area contributed by atoms with Crippen LogP contribution in [-0.4, -0.2) is 116 Å². The van der Waals surface area contributed by atoms with Crippen LogP contribution in [0.3, 0.4) is 0 Å². The summed E-state index contributed by atoms with van der Waals surface area (Å²) in [4.78, 5) is 30.4. The van der Waals surface area contributed by atoms with E-state index in [1.807, 2.05) is 0 Å². The molecule has 3 heterocycles. The van der Waals surface area contributed by atoms with Crippen molar-refractivity contribution in [1.29, 1.82) is 0 Å². The first-order valence-corrected chi connectivity index (χ1v) is 14.8. The first-order valence-electron chi connectivity index (χ1n) is 14.8. The Hall–Kier alpha value is -3.90. The third kappa shape index (κ3) is 7.59. The molecule has 2 bridgehead atoms. The molecule has 3 saturated heterocycles. The molecular formula is C32H44N2O10. The fourth-order valence-corrected chi connectivity index (χ4v) is 5.98. The third-order valence-electron chi connectivity index (χ3n) is 8.20. The summed E-state index contributed by atoms with van der Waals surface area (Å²) in [6, 6.07) is 7.30. The number of methoxy groups -OCH3 is 6. The van der Waals surface area contributed by atoms with Crippen molar-refractivity contribution in [3.8, 4) is 34.5 Å². The second-order valence-electron chi connectivity index (χ2n) is 10.7. The number of hydrogen-bond donors (Lipinski definition) is 0. The summed E-state index contributed by atoms with van der Waals surface area (Å²) in [5, 5.41) is 0. The highest BCUT2D eigenvalue weighted by molar-refractivity contribution is 5.91. The maximum Gasteiger partial charge on any atom is 0.338 e. The van der Waals surface area contributed by atoms with Gasteiger partial charge >= 0.3 is 11.9 Å². The average molecular weight is 617 g/mol. The zero-order valence-corrected chi connectivity index (χ0v) is 26.5. The normalized spacial score (nSPS) is 18.0. The van der Waals surface area contributed by atoms with Gasteiger partial charge in [-0.25, -0.2) is 9.59 Å². The molecule has 3 aliphatic rings. The summed E-state index contributed by atoms with van der Waals surface area (Å²) >= 11 is 0. The monoisotopic (exact) mass is 616 g/mol. The lowest BCUT2D eigenvalue weighted by Crippen LogP contribution is -2.62. The standard InChI is InChI=1S/C32H44N2O10/c1-37-25-15-21(16-26(38-2)29(25)41-5)31(35)43-13-7-11-33-19-24-10-9-23(33)20-34(24)12-8-14-44-32(36)22-17-27(39-3)30(42-6)28(18-22)40-4/h15-18,23-24H,7-14,19-20H2,1-6H3. The van der Waals surface area contributed by atoms with Gasteiger partial charge in [-0.15, -0.1) is 0 Å². The van der Waals surface area contributed by atoms with E-state index < -0.39 is 11.9 Å². The second kappa shape index (κ2) is 15.7. The number of piperazine rings is 1. The fourth-order valence-electron chi connectivity index (χ4n) is 5.98. The Bertz CT molecular complexity index is 1140. The van der Waals surface area contributed by atoms with Crippen LogP contribution in [0.15, 0.2) is 24.3 Å². The Morgan fingerprint density at radius 1 is 0.591 bits per heavy atom. The maximum atomic E-state index is 12.7. The van der Waals surface area contributed by atoms with Crippen molar-refractivity contribution < 1.29 is 47.5 Å². The molecule has 0 radical (unpaired) electrons. The molecule has 0 aliphatic carbocycles. The molecule has 12 heteroatoms. The molecule has 2 atom stereocenters. The van der Waals surface area contributed by atoms with E-state index in [9.17, 15) is 9.59 Å². The van der Waals surface area contributed by atoms with Gasteiger partial charge in [-0.3, -0.25) is 9.80 Å². The summed E-state index contributed by atoms with van der Waals surface area (Å²) in [5.41, 5.74) is 0.697. The van der Waals surface area contributed by atoms with Gasteiger partial charge in [0.2, 0.25) is 11.5 Å². The van der Waals surface area contributed by atoms with Gasteiger partial charge in [0.05, 0.1) is 67.0 Å². The quantitative estimate of drug-likeness (QED) is 0.202. The van der Waals surface area contributed by atoms with Crippen LogP contribution in [0.4, 0.5) is 0 Å². The van der Waals surface area contributed by atoms with Crippen molar-refractivity contribution in [3.05, 3.63) is 35.4 Å². The number of nitrogens with zero attached hydrogens (tertiary/aromatic N) is 2. The van der Waals surface area contributed by atoms with Crippen LogP contribution in [0.5, 0.6) is 34.5 Å². The minimum atomic E-state index is -0.429. The molecule has 44 heavy (non-hydrogen) atoms. The summed E-state index contributed by atoms with van der Waals surface area (Å²) < 4.78 is 43.1. The van der Waals surface area contributed by atoms with Gasteiger partial charge in [0.15, 0.2) is 23.0 Å². The number of ether oxygens (including phenoxy) is 8. The van der Waals surface area contributed by atoms with Gasteiger partial charge in [-0.1, -0.05) is 0 Å². The lowest BCUT2D eigenvalue weighted by atomic mass is 9.90. The molecule has 2 aromatic rings. The van der Waals surface area contributed by atoms with Crippen molar-refractivity contribution in [1.82, 2.24) is 9.80 Å². The van der Waals surface area contributed by atoms with E-state index in [-0.39, 0.29) is 0 Å². The van der Waals surface area contributed by atoms with E-state index in [2.05, 4.69) is 9.80 Å². The highest BCUT2D eigenvalue weighted by Gasteiger charge is 2.38. The molecule has 242 valence electrons. The van der Waals surface area contributed by atoms with Crippen molar-refractivity contribution in [2.45, 2.75) is 37.8 Å². The van der Waals surface area contributed by atoms with Gasteiger partial charge in [0.1, 0.15) is 0 Å². The molecule has 0 N–H and O–H groups in total. The highest BCUT2D eigenvalue weighted by atomic mass is 16.5. The number of rotatable bonds is 16. The molecule has 2 unspecified atom stereocenters. The predicted octanol–water partition coefficient (Wildman–Crippen LogP) is 3.68. The van der Waals surface area contributed by atoms with Gasteiger partial charge in [0, 0.05) is 38.3 Å². The number of piperidine rings is 2. The minimum absolute atomic E-state index is 0.324. The molecular weight excluding hydrogens is 572 g/mol. The first kappa shape index (κ1) is 33.0. The molecule has 0 saturated carbocycles. The van der Waals surface area contributed by atoms with E-state index >= 15 is 0 Å². The van der Waals surface area contributed by atoms with E-state index in [0.29, 0.717) is 70.9 Å². The Kier molecular flexibility index (Phi) is 11.8. The summed E-state index contributed by atoms with van der Waals surface area (Å²) in [6.07, 6.45) is 3.80. The largest absolute Gasteiger partial charge is 0.493 e. The van der Waals surface area contributed by atoms with Crippen LogP contribution in [0.25, 0.3) is 0 Å². The Morgan fingerprint density at radius 3 is 1.20 bits per heavy atom. The lowest BCUT2D eigenvalue weighted by molar-refractivity contribution is -0.0261. The lowest BCUT2D eigenvalue weighted by Gasteiger charge is -2.51. The SMILES string of the molecule is COc1cc(C(=O)OCCCN2CC3CCC2CN3CCCOC(=O)c2cc(OC)c(OC)c(OC)c2)cc(OC)c1OC. The molecule has 0 spiro atoms. The summed E-state index contributed by atoms with van der Waals surface area (Å²) in [7, 11) is 9.07. The zero-order chi connectivity index (χ0) is 31.6. The predicted molar refractivity (Wildman–Crippen MR) is 162 cm³/mol. The van der Waals surface area contributed by atoms with E-state index in [1.165, 1.54) is 42.7 Å². The number of carbonyl (C=O) groups excluding carboxylic acids is 2. The minimum Gasteiger partial charge on any atom is -0.493 e. The fraction of sp³-hybridized carbons (Fsp3) is 0.562. The Balaban J connectivity index is 1.18. The third-order valence-corrected chi connectivity index (χ3v) is 8.20. The van der Waals surface area contributed by atoms with Crippen molar-refractivity contribution in [2.24, 2.45) is 0 Å². The molecule has 3 aliphatic heterocycles. The molecule has 12 nitrogen and oxygen atoms in total. The van der Waals surface area contributed by atoms with Crippen molar-refractivity contribution in [2.75, 3.05) is 82.1 Å². The van der Waals surface area contributed by atoms with Crippen molar-refractivity contribution >= 4 is 11.9 Å². The Morgan fingerprint density at radius 2 is 0.932 bits per heavy atom. The van der Waals surface area contributed by atoms with Crippen LogP contribution in [0.2, 0.25) is 0 Å². The summed E-state index contributed by atoms with van der Waals surface area (Å²) in [5.74, 6) is 1.63. The maximum absolute atomic E-state index is 12.7. The van der Waals surface area contributed by atoms with Gasteiger partial charge in [-0.2, -0.15) is 0 Å². The first-order chi connectivity index (χ1) is 21.4. The smallest absolute Gasteiger partial charge is 0.338 e. The molecule has 5 rings (SSSR count).